The van der Waals surface area contributed by atoms with Gasteiger partial charge >= 0.3 is 5.97 Å². The van der Waals surface area contributed by atoms with Gasteiger partial charge in [0.2, 0.25) is 15.9 Å². The van der Waals surface area contributed by atoms with Crippen LogP contribution < -0.4 is 9.62 Å². The summed E-state index contributed by atoms with van der Waals surface area (Å²) in [6.45, 7) is -0.484. The predicted octanol–water partition coefficient (Wildman–Crippen LogP) is 1.58. The van der Waals surface area contributed by atoms with Crippen LogP contribution in [0.5, 0.6) is 0 Å². The quantitative estimate of drug-likeness (QED) is 0.664. The molecule has 0 heterocycles. The topological polar surface area (TPSA) is 113 Å². The molecular formula is C20H23N3O6S. The summed E-state index contributed by atoms with van der Waals surface area (Å²) < 4.78 is 30.0. The summed E-state index contributed by atoms with van der Waals surface area (Å²) in [4.78, 5) is 37.5. The third-order valence-corrected chi connectivity index (χ3v) is 5.20. The number of hydrogen-bond donors (Lipinski definition) is 1. The summed E-state index contributed by atoms with van der Waals surface area (Å²) in [5, 5.41) is 2.56. The van der Waals surface area contributed by atoms with Crippen LogP contribution in [-0.2, 0) is 19.6 Å². The van der Waals surface area contributed by atoms with Crippen molar-refractivity contribution < 1.29 is 27.5 Å². The fourth-order valence-corrected chi connectivity index (χ4v) is 3.46. The summed E-state index contributed by atoms with van der Waals surface area (Å²) in [6.07, 6.45) is 0.983. The molecule has 0 aliphatic rings. The molecular weight excluding hydrogens is 410 g/mol. The number of benzene rings is 2. The van der Waals surface area contributed by atoms with E-state index in [1.807, 2.05) is 0 Å². The van der Waals surface area contributed by atoms with E-state index in [0.29, 0.717) is 11.3 Å². The molecule has 30 heavy (non-hydrogen) atoms. The summed E-state index contributed by atoms with van der Waals surface area (Å²) in [7, 11) is 0.687. The molecule has 2 amide bonds. The first-order valence-corrected chi connectivity index (χ1v) is 10.7. The molecule has 0 aliphatic carbocycles. The number of sulfonamides is 1. The lowest BCUT2D eigenvalue weighted by Gasteiger charge is -2.22. The number of rotatable bonds is 7. The first kappa shape index (κ1) is 22.9. The van der Waals surface area contributed by atoms with Gasteiger partial charge in [0.1, 0.15) is 6.54 Å². The first-order chi connectivity index (χ1) is 14.0. The third-order valence-electron chi connectivity index (χ3n) is 4.06. The van der Waals surface area contributed by atoms with Crippen molar-refractivity contribution in [2.45, 2.75) is 0 Å². The van der Waals surface area contributed by atoms with E-state index in [2.05, 4.69) is 10.1 Å². The number of carbonyl (C=O) groups is 3. The molecule has 160 valence electrons. The smallest absolute Gasteiger partial charge is 0.337 e. The van der Waals surface area contributed by atoms with Crippen molar-refractivity contribution in [2.75, 3.05) is 43.6 Å². The first-order valence-electron chi connectivity index (χ1n) is 8.80. The van der Waals surface area contributed by atoms with Gasteiger partial charge in [-0.2, -0.15) is 0 Å². The molecule has 2 rings (SSSR count). The molecule has 0 aromatic heterocycles. The van der Waals surface area contributed by atoms with Crippen LogP contribution in [0.4, 0.5) is 11.4 Å². The van der Waals surface area contributed by atoms with Crippen LogP contribution in [-0.4, -0.2) is 65.1 Å². The lowest BCUT2D eigenvalue weighted by Crippen LogP contribution is -2.37. The number of amides is 2. The minimum Gasteiger partial charge on any atom is -0.465 e. The standard InChI is InChI=1S/C20H23N3O6S/c1-22(2)19(25)14-8-10-17(11-9-14)23(30(4,27)28)13-18(24)21-16-7-5-6-15(12-16)20(26)29-3/h5-12H,13H2,1-4H3,(H,21,24). The molecule has 0 aliphatic heterocycles. The van der Waals surface area contributed by atoms with Gasteiger partial charge in [-0.05, 0) is 42.5 Å². The minimum atomic E-state index is -3.78. The summed E-state index contributed by atoms with van der Waals surface area (Å²) >= 11 is 0. The van der Waals surface area contributed by atoms with Crippen molar-refractivity contribution in [3.8, 4) is 0 Å². The molecule has 9 nitrogen and oxygen atoms in total. The van der Waals surface area contributed by atoms with Gasteiger partial charge < -0.3 is 15.0 Å². The van der Waals surface area contributed by atoms with Gasteiger partial charge in [0.15, 0.2) is 0 Å². The Morgan fingerprint density at radius 1 is 1.00 bits per heavy atom. The van der Waals surface area contributed by atoms with Crippen LogP contribution >= 0.6 is 0 Å². The number of anilines is 2. The molecule has 1 N–H and O–H groups in total. The zero-order chi connectivity index (χ0) is 22.5. The van der Waals surface area contributed by atoms with Crippen molar-refractivity contribution in [1.82, 2.24) is 4.90 Å². The highest BCUT2D eigenvalue weighted by atomic mass is 32.2. The maximum absolute atomic E-state index is 12.5. The van der Waals surface area contributed by atoms with Gasteiger partial charge in [0, 0.05) is 25.3 Å². The Morgan fingerprint density at radius 3 is 2.17 bits per heavy atom. The Bertz CT molecular complexity index is 1050. The second-order valence-electron chi connectivity index (χ2n) is 6.64. The van der Waals surface area contributed by atoms with Gasteiger partial charge in [-0.1, -0.05) is 6.07 Å². The molecule has 2 aromatic rings. The molecule has 10 heteroatoms. The van der Waals surface area contributed by atoms with E-state index >= 15 is 0 Å². The van der Waals surface area contributed by atoms with Crippen LogP contribution in [0.3, 0.4) is 0 Å². The molecule has 0 unspecified atom stereocenters. The maximum Gasteiger partial charge on any atom is 0.337 e. The van der Waals surface area contributed by atoms with Gasteiger partial charge in [-0.15, -0.1) is 0 Å². The van der Waals surface area contributed by atoms with Crippen molar-refractivity contribution in [2.24, 2.45) is 0 Å². The number of methoxy groups -OCH3 is 1. The zero-order valence-electron chi connectivity index (χ0n) is 17.1. The fourth-order valence-electron chi connectivity index (χ4n) is 2.60. The molecule has 2 aromatic carbocycles. The maximum atomic E-state index is 12.5. The molecule has 0 atom stereocenters. The SMILES string of the molecule is COC(=O)c1cccc(NC(=O)CN(c2ccc(C(=O)N(C)C)cc2)S(C)(=O)=O)c1. The van der Waals surface area contributed by atoms with Crippen molar-refractivity contribution >= 4 is 39.2 Å². The molecule has 0 saturated carbocycles. The van der Waals surface area contributed by atoms with E-state index in [-0.39, 0.29) is 17.2 Å². The Balaban J connectivity index is 2.20. The van der Waals surface area contributed by atoms with Gasteiger partial charge in [0.25, 0.3) is 5.91 Å². The molecule has 0 fully saturated rings. The van der Waals surface area contributed by atoms with Crippen molar-refractivity contribution in [3.63, 3.8) is 0 Å². The number of esters is 1. The van der Waals surface area contributed by atoms with Crippen LogP contribution in [0, 0.1) is 0 Å². The number of hydrogen-bond acceptors (Lipinski definition) is 6. The Labute approximate surface area is 175 Å². The number of ether oxygens (including phenoxy) is 1. The van der Waals surface area contributed by atoms with E-state index < -0.39 is 28.4 Å². The average molecular weight is 433 g/mol. The van der Waals surface area contributed by atoms with E-state index in [9.17, 15) is 22.8 Å². The summed E-state index contributed by atoms with van der Waals surface area (Å²) in [5.74, 6) is -1.39. The van der Waals surface area contributed by atoms with Crippen LogP contribution in [0.2, 0.25) is 0 Å². The van der Waals surface area contributed by atoms with E-state index in [4.69, 9.17) is 0 Å². The number of nitrogens with one attached hydrogen (secondary N) is 1. The fraction of sp³-hybridized carbons (Fsp3) is 0.250. The van der Waals surface area contributed by atoms with E-state index in [1.54, 1.807) is 26.2 Å². The zero-order valence-corrected chi connectivity index (χ0v) is 17.9. The average Bonchev–Trinajstić information content (AvgIpc) is 2.70. The summed E-state index contributed by atoms with van der Waals surface area (Å²) in [6, 6.07) is 12.0. The van der Waals surface area contributed by atoms with Gasteiger partial charge in [-0.3, -0.25) is 13.9 Å². The molecule has 0 bridgehead atoms. The second-order valence-corrected chi connectivity index (χ2v) is 8.54. The lowest BCUT2D eigenvalue weighted by molar-refractivity contribution is -0.114. The summed E-state index contributed by atoms with van der Waals surface area (Å²) in [5.41, 5.74) is 1.20. The molecule has 0 spiro atoms. The van der Waals surface area contributed by atoms with Crippen LogP contribution in [0.25, 0.3) is 0 Å². The second kappa shape index (κ2) is 9.40. The normalized spacial score (nSPS) is 10.8. The highest BCUT2D eigenvalue weighted by molar-refractivity contribution is 7.92. The monoisotopic (exact) mass is 433 g/mol. The lowest BCUT2D eigenvalue weighted by atomic mass is 10.2. The minimum absolute atomic E-state index is 0.226. The van der Waals surface area contributed by atoms with Crippen molar-refractivity contribution in [1.29, 1.82) is 0 Å². The largest absolute Gasteiger partial charge is 0.465 e. The predicted molar refractivity (Wildman–Crippen MR) is 113 cm³/mol. The highest BCUT2D eigenvalue weighted by Crippen LogP contribution is 2.19. The van der Waals surface area contributed by atoms with Gasteiger partial charge in [-0.25, -0.2) is 13.2 Å². The van der Waals surface area contributed by atoms with Crippen molar-refractivity contribution in [3.05, 3.63) is 59.7 Å². The Hall–Kier alpha value is -3.40. The van der Waals surface area contributed by atoms with Crippen LogP contribution in [0.15, 0.2) is 48.5 Å². The number of nitrogens with zero attached hydrogens (tertiary/aromatic N) is 2. The molecule has 0 radical (unpaired) electrons. The van der Waals surface area contributed by atoms with Gasteiger partial charge in [0.05, 0.1) is 24.6 Å². The Morgan fingerprint density at radius 2 is 1.63 bits per heavy atom. The molecule has 0 saturated heterocycles. The van der Waals surface area contributed by atoms with E-state index in [0.717, 1.165) is 10.6 Å². The highest BCUT2D eigenvalue weighted by Gasteiger charge is 2.21. The van der Waals surface area contributed by atoms with Crippen LogP contribution in [0.1, 0.15) is 20.7 Å². The third kappa shape index (κ3) is 5.80. The Kier molecular flexibility index (Phi) is 7.17. The number of carbonyl (C=O) groups excluding carboxylic acids is 3. The van der Waals surface area contributed by atoms with E-state index in [1.165, 1.54) is 48.4 Å².